The smallest absolute Gasteiger partial charge is 0.390 e. The van der Waals surface area contributed by atoms with Gasteiger partial charge < -0.3 is 21.5 Å². The Labute approximate surface area is 190 Å². The lowest BCUT2D eigenvalue weighted by molar-refractivity contribution is -0.131. The summed E-state index contributed by atoms with van der Waals surface area (Å²) in [5.74, 6) is -0.557. The number of aromatic nitrogens is 3. The lowest BCUT2D eigenvalue weighted by atomic mass is 10.1. The number of nitrogens with one attached hydrogen (secondary N) is 2. The van der Waals surface area contributed by atoms with Crippen molar-refractivity contribution in [1.82, 2.24) is 14.6 Å². The molecule has 176 valence electrons. The standard InChI is InChI=1S/C22H19F4N7O/c23-13-2-1-3-14(9-13)34-19-10-17(30-7-6-22(24,25)26)21-31-11-18(33(21)32-19)12-4-5-15(20(28)29)16(27)8-12/h1-5,8-11,30H,6-7,27H2,(H3,28,29). The van der Waals surface area contributed by atoms with E-state index in [1.807, 2.05) is 0 Å². The summed E-state index contributed by atoms with van der Waals surface area (Å²) in [6.07, 6.45) is -3.92. The van der Waals surface area contributed by atoms with Crippen molar-refractivity contribution in [2.24, 2.45) is 5.73 Å². The first-order valence-corrected chi connectivity index (χ1v) is 9.98. The molecule has 4 rings (SSSR count). The molecule has 0 bridgehead atoms. The fraction of sp³-hybridized carbons (Fsp3) is 0.136. The molecule has 0 amide bonds. The maximum Gasteiger partial charge on any atom is 0.390 e. The van der Waals surface area contributed by atoms with Crippen LogP contribution >= 0.6 is 0 Å². The van der Waals surface area contributed by atoms with Crippen LogP contribution in [0.25, 0.3) is 16.9 Å². The maximum atomic E-state index is 13.6. The number of nitrogens with two attached hydrogens (primary N) is 2. The van der Waals surface area contributed by atoms with E-state index in [4.69, 9.17) is 21.6 Å². The average molecular weight is 473 g/mol. The van der Waals surface area contributed by atoms with Gasteiger partial charge in [-0.25, -0.2) is 13.9 Å². The second kappa shape index (κ2) is 8.89. The lowest BCUT2D eigenvalue weighted by Gasteiger charge is -2.13. The summed E-state index contributed by atoms with van der Waals surface area (Å²) in [4.78, 5) is 4.29. The Kier molecular flexibility index (Phi) is 5.97. The van der Waals surface area contributed by atoms with Crippen LogP contribution in [0.3, 0.4) is 0 Å². The van der Waals surface area contributed by atoms with Crippen molar-refractivity contribution in [3.05, 3.63) is 66.1 Å². The summed E-state index contributed by atoms with van der Waals surface area (Å²) in [6.45, 7) is -0.398. The third-order valence-corrected chi connectivity index (χ3v) is 4.83. The summed E-state index contributed by atoms with van der Waals surface area (Å²) >= 11 is 0. The van der Waals surface area contributed by atoms with E-state index in [2.05, 4.69) is 15.4 Å². The Balaban J connectivity index is 1.78. The largest absolute Gasteiger partial charge is 0.437 e. The highest BCUT2D eigenvalue weighted by atomic mass is 19.4. The Morgan fingerprint density at radius 1 is 1.15 bits per heavy atom. The number of imidazole rings is 1. The van der Waals surface area contributed by atoms with Crippen molar-refractivity contribution in [1.29, 1.82) is 5.41 Å². The Morgan fingerprint density at radius 3 is 2.62 bits per heavy atom. The van der Waals surface area contributed by atoms with Crippen LogP contribution in [-0.4, -0.2) is 33.2 Å². The number of hydrogen-bond donors (Lipinski definition) is 4. The molecular formula is C22H19F4N7O. The number of amidine groups is 1. The summed E-state index contributed by atoms with van der Waals surface area (Å²) in [6, 6.07) is 11.6. The molecule has 34 heavy (non-hydrogen) atoms. The number of fused-ring (bicyclic) bond motifs is 1. The summed E-state index contributed by atoms with van der Waals surface area (Å²) < 4.78 is 58.6. The fourth-order valence-electron chi connectivity index (χ4n) is 3.28. The maximum absolute atomic E-state index is 13.6. The number of halogens is 4. The number of alkyl halides is 3. The molecule has 0 saturated heterocycles. The Bertz CT molecular complexity index is 1370. The van der Waals surface area contributed by atoms with Crippen LogP contribution in [0, 0.1) is 11.2 Å². The van der Waals surface area contributed by atoms with Crippen LogP contribution < -0.4 is 21.5 Å². The van der Waals surface area contributed by atoms with Crippen molar-refractivity contribution in [3.8, 4) is 22.9 Å². The first kappa shape index (κ1) is 22.8. The van der Waals surface area contributed by atoms with E-state index in [0.717, 1.165) is 6.07 Å². The quantitative estimate of drug-likeness (QED) is 0.135. The molecule has 0 atom stereocenters. The number of rotatable bonds is 7. The molecule has 2 aromatic carbocycles. The summed E-state index contributed by atoms with van der Waals surface area (Å²) in [5.41, 5.74) is 13.7. The van der Waals surface area contributed by atoms with Crippen LogP contribution in [0.2, 0.25) is 0 Å². The van der Waals surface area contributed by atoms with E-state index in [1.54, 1.807) is 18.2 Å². The molecule has 8 nitrogen and oxygen atoms in total. The third-order valence-electron chi connectivity index (χ3n) is 4.83. The van der Waals surface area contributed by atoms with Gasteiger partial charge in [-0.2, -0.15) is 13.2 Å². The molecule has 0 aliphatic carbocycles. The van der Waals surface area contributed by atoms with Gasteiger partial charge in [0.1, 0.15) is 17.4 Å². The predicted molar refractivity (Wildman–Crippen MR) is 119 cm³/mol. The predicted octanol–water partition coefficient (Wildman–Crippen LogP) is 4.56. The first-order valence-electron chi connectivity index (χ1n) is 9.98. The zero-order chi connectivity index (χ0) is 24.5. The second-order valence-corrected chi connectivity index (χ2v) is 7.34. The van der Waals surface area contributed by atoms with Crippen molar-refractivity contribution >= 4 is 22.9 Å². The number of anilines is 2. The van der Waals surface area contributed by atoms with Crippen LogP contribution in [0.4, 0.5) is 28.9 Å². The van der Waals surface area contributed by atoms with Gasteiger partial charge in [0.05, 0.1) is 24.0 Å². The molecular weight excluding hydrogens is 454 g/mol. The number of benzene rings is 2. The Hall–Kier alpha value is -4.35. The van der Waals surface area contributed by atoms with Gasteiger partial charge in [0.2, 0.25) is 5.88 Å². The molecule has 12 heteroatoms. The van der Waals surface area contributed by atoms with Gasteiger partial charge in [-0.3, -0.25) is 5.41 Å². The van der Waals surface area contributed by atoms with Crippen LogP contribution in [0.15, 0.2) is 54.7 Å². The molecule has 0 aliphatic rings. The third kappa shape index (κ3) is 5.00. The van der Waals surface area contributed by atoms with Gasteiger partial charge in [0, 0.05) is 35.5 Å². The molecule has 0 saturated carbocycles. The second-order valence-electron chi connectivity index (χ2n) is 7.34. The van der Waals surface area contributed by atoms with E-state index >= 15 is 0 Å². The van der Waals surface area contributed by atoms with Gasteiger partial charge >= 0.3 is 6.18 Å². The Morgan fingerprint density at radius 2 is 1.94 bits per heavy atom. The van der Waals surface area contributed by atoms with Gasteiger partial charge in [0.15, 0.2) is 5.65 Å². The molecule has 0 radical (unpaired) electrons. The topological polar surface area (TPSA) is 127 Å². The molecule has 4 aromatic rings. The molecule has 2 heterocycles. The molecule has 0 spiro atoms. The van der Waals surface area contributed by atoms with Crippen LogP contribution in [-0.2, 0) is 0 Å². The number of ether oxygens (including phenoxy) is 1. The van der Waals surface area contributed by atoms with E-state index < -0.39 is 25.0 Å². The highest BCUT2D eigenvalue weighted by Crippen LogP contribution is 2.31. The van der Waals surface area contributed by atoms with E-state index in [0.29, 0.717) is 16.8 Å². The fourth-order valence-corrected chi connectivity index (χ4v) is 3.28. The van der Waals surface area contributed by atoms with Crippen molar-refractivity contribution in [2.75, 3.05) is 17.6 Å². The van der Waals surface area contributed by atoms with Crippen molar-refractivity contribution < 1.29 is 22.3 Å². The highest BCUT2D eigenvalue weighted by molar-refractivity contribution is 6.00. The SMILES string of the molecule is N=C(N)c1ccc(-c2cnc3c(NCCC(F)(F)F)cc(Oc4cccc(F)c4)nn23)cc1N. The number of nitrogen functional groups attached to an aromatic ring is 2. The van der Waals surface area contributed by atoms with Gasteiger partial charge in [0.25, 0.3) is 0 Å². The van der Waals surface area contributed by atoms with E-state index in [-0.39, 0.29) is 34.5 Å². The van der Waals surface area contributed by atoms with Crippen LogP contribution in [0.5, 0.6) is 11.6 Å². The zero-order valence-corrected chi connectivity index (χ0v) is 17.5. The molecule has 0 fully saturated rings. The summed E-state index contributed by atoms with van der Waals surface area (Å²) in [7, 11) is 0. The molecule has 0 aliphatic heterocycles. The molecule has 2 aromatic heterocycles. The van der Waals surface area contributed by atoms with E-state index in [9.17, 15) is 17.6 Å². The normalized spacial score (nSPS) is 11.5. The zero-order valence-electron chi connectivity index (χ0n) is 17.5. The minimum Gasteiger partial charge on any atom is -0.437 e. The monoisotopic (exact) mass is 473 g/mol. The molecule has 0 unspecified atom stereocenters. The van der Waals surface area contributed by atoms with Gasteiger partial charge in [-0.15, -0.1) is 5.10 Å². The van der Waals surface area contributed by atoms with E-state index in [1.165, 1.54) is 35.0 Å². The minimum atomic E-state index is -4.34. The molecule has 6 N–H and O–H groups in total. The summed E-state index contributed by atoms with van der Waals surface area (Å²) in [5, 5.41) is 14.7. The minimum absolute atomic E-state index is 0.000173. The van der Waals surface area contributed by atoms with Crippen LogP contribution in [0.1, 0.15) is 12.0 Å². The van der Waals surface area contributed by atoms with Crippen molar-refractivity contribution in [3.63, 3.8) is 0 Å². The number of hydrogen-bond acceptors (Lipinski definition) is 6. The van der Waals surface area contributed by atoms with Gasteiger partial charge in [-0.05, 0) is 24.3 Å². The number of nitrogens with zero attached hydrogens (tertiary/aromatic N) is 3. The average Bonchev–Trinajstić information content (AvgIpc) is 3.16. The van der Waals surface area contributed by atoms with Gasteiger partial charge in [-0.1, -0.05) is 12.1 Å². The highest BCUT2D eigenvalue weighted by Gasteiger charge is 2.26. The first-order chi connectivity index (χ1) is 16.1. The van der Waals surface area contributed by atoms with Crippen molar-refractivity contribution in [2.45, 2.75) is 12.6 Å². The lowest BCUT2D eigenvalue weighted by Crippen LogP contribution is -2.15.